The minimum absolute atomic E-state index is 0.0657. The van der Waals surface area contributed by atoms with Gasteiger partial charge >= 0.3 is 0 Å². The van der Waals surface area contributed by atoms with Gasteiger partial charge in [0.05, 0.1) is 0 Å². The third-order valence-corrected chi connectivity index (χ3v) is 4.44. The van der Waals surface area contributed by atoms with Crippen molar-refractivity contribution in [3.8, 4) is 0 Å². The molecule has 0 unspecified atom stereocenters. The second-order valence-electron chi connectivity index (χ2n) is 5.29. The number of hydrogen-bond acceptors (Lipinski definition) is 3. The Bertz CT molecular complexity index is 517. The molecular weight excluding hydrogens is 244 g/mol. The van der Waals surface area contributed by atoms with Gasteiger partial charge in [0.2, 0.25) is 5.91 Å². The van der Waals surface area contributed by atoms with Crippen LogP contribution in [0.2, 0.25) is 0 Å². The number of fused-ring (bicyclic) bond motifs is 1. The monoisotopic (exact) mass is 260 g/mol. The van der Waals surface area contributed by atoms with Gasteiger partial charge in [0.25, 0.3) is 5.54 Å². The highest BCUT2D eigenvalue weighted by Gasteiger charge is 2.59. The first-order valence-electron chi connectivity index (χ1n) is 6.66. The van der Waals surface area contributed by atoms with E-state index >= 15 is 0 Å². The summed E-state index contributed by atoms with van der Waals surface area (Å²) in [6.45, 7) is 0.659. The van der Waals surface area contributed by atoms with Gasteiger partial charge < -0.3 is 4.90 Å². The summed E-state index contributed by atoms with van der Waals surface area (Å²) in [7, 11) is 0. The second-order valence-corrected chi connectivity index (χ2v) is 5.29. The molecule has 2 saturated heterocycles. The number of amides is 1. The average Bonchev–Trinajstić information content (AvgIpc) is 2.91. The molecule has 100 valence electrons. The summed E-state index contributed by atoms with van der Waals surface area (Å²) in [5, 5.41) is 11.8. The summed E-state index contributed by atoms with van der Waals surface area (Å²) in [5.74, 6) is 0.0657. The molecule has 2 heterocycles. The number of hydrogen-bond donors (Lipinski definition) is 0. The maximum Gasteiger partial charge on any atom is 0.267 e. The fourth-order valence-electron chi connectivity index (χ4n) is 3.55. The lowest BCUT2D eigenvalue weighted by molar-refractivity contribution is -0.590. The number of benzene rings is 1. The molecule has 5 heteroatoms. The van der Waals surface area contributed by atoms with Gasteiger partial charge in [-0.3, -0.25) is 14.9 Å². The van der Waals surface area contributed by atoms with E-state index in [1.807, 2.05) is 30.3 Å². The van der Waals surface area contributed by atoms with Gasteiger partial charge in [-0.15, -0.1) is 0 Å². The number of nitrogens with zero attached hydrogens (tertiary/aromatic N) is 2. The minimum Gasteiger partial charge on any atom is -0.332 e. The largest absolute Gasteiger partial charge is 0.332 e. The van der Waals surface area contributed by atoms with Crippen molar-refractivity contribution < 1.29 is 9.72 Å². The van der Waals surface area contributed by atoms with E-state index in [2.05, 4.69) is 0 Å². The van der Waals surface area contributed by atoms with Crippen molar-refractivity contribution in [2.45, 2.75) is 37.3 Å². The topological polar surface area (TPSA) is 63.4 Å². The maximum absolute atomic E-state index is 11.9. The van der Waals surface area contributed by atoms with E-state index < -0.39 is 5.54 Å². The number of carbonyl (C=O) groups is 1. The molecule has 0 spiro atoms. The summed E-state index contributed by atoms with van der Waals surface area (Å²) < 4.78 is 0. The Hall–Kier alpha value is -1.91. The van der Waals surface area contributed by atoms with Crippen LogP contribution in [0, 0.1) is 10.1 Å². The van der Waals surface area contributed by atoms with E-state index in [0.29, 0.717) is 13.0 Å². The molecule has 2 fully saturated rings. The molecule has 0 aliphatic carbocycles. The molecule has 0 radical (unpaired) electrons. The summed E-state index contributed by atoms with van der Waals surface area (Å²) >= 11 is 0. The molecule has 1 aromatic rings. The fraction of sp³-hybridized carbons (Fsp3) is 0.500. The standard InChI is InChI=1S/C14H16N2O3/c17-13-8-9-14(16(18)19,11-5-2-1-3-6-11)12-7-4-10-15(12)13/h1-3,5-6,12H,4,7-10H2/t12-,14+/m1/s1. The highest BCUT2D eigenvalue weighted by Crippen LogP contribution is 2.44. The molecule has 1 amide bonds. The van der Waals surface area contributed by atoms with Crippen LogP contribution in [-0.2, 0) is 10.3 Å². The summed E-state index contributed by atoms with van der Waals surface area (Å²) in [4.78, 5) is 25.3. The molecule has 1 aromatic carbocycles. The molecular formula is C14H16N2O3. The van der Waals surface area contributed by atoms with Crippen LogP contribution in [0.4, 0.5) is 0 Å². The van der Waals surface area contributed by atoms with E-state index in [4.69, 9.17) is 0 Å². The zero-order valence-electron chi connectivity index (χ0n) is 10.6. The molecule has 3 rings (SSSR count). The lowest BCUT2D eigenvalue weighted by Gasteiger charge is -2.40. The van der Waals surface area contributed by atoms with Crippen molar-refractivity contribution in [1.29, 1.82) is 0 Å². The van der Waals surface area contributed by atoms with Gasteiger partial charge in [-0.2, -0.15) is 0 Å². The van der Waals surface area contributed by atoms with Crippen molar-refractivity contribution in [2.75, 3.05) is 6.54 Å². The van der Waals surface area contributed by atoms with Gasteiger partial charge in [0, 0.05) is 29.9 Å². The number of nitro groups is 1. The van der Waals surface area contributed by atoms with Crippen molar-refractivity contribution in [3.63, 3.8) is 0 Å². The number of rotatable bonds is 2. The molecule has 0 aromatic heterocycles. The Kier molecular flexibility index (Phi) is 2.77. The minimum atomic E-state index is -1.12. The fourth-order valence-corrected chi connectivity index (χ4v) is 3.55. The summed E-state index contributed by atoms with van der Waals surface area (Å²) in [6.07, 6.45) is 2.16. The predicted octanol–water partition coefficient (Wildman–Crippen LogP) is 1.94. The van der Waals surface area contributed by atoms with E-state index in [9.17, 15) is 14.9 Å². The Morgan fingerprint density at radius 3 is 2.74 bits per heavy atom. The first kappa shape index (κ1) is 12.1. The molecule has 0 saturated carbocycles. The van der Waals surface area contributed by atoms with Gasteiger partial charge in [-0.25, -0.2) is 0 Å². The van der Waals surface area contributed by atoms with Crippen LogP contribution in [0.25, 0.3) is 0 Å². The Labute approximate surface area is 111 Å². The zero-order chi connectivity index (χ0) is 13.5. The van der Waals surface area contributed by atoms with Crippen LogP contribution in [0.5, 0.6) is 0 Å². The normalized spacial score (nSPS) is 30.2. The highest BCUT2D eigenvalue weighted by atomic mass is 16.6. The molecule has 0 N–H and O–H groups in total. The Balaban J connectivity index is 2.11. The van der Waals surface area contributed by atoms with Crippen LogP contribution in [0.3, 0.4) is 0 Å². The summed E-state index contributed by atoms with van der Waals surface area (Å²) in [6, 6.07) is 8.86. The number of piperidine rings is 1. The predicted molar refractivity (Wildman–Crippen MR) is 69.1 cm³/mol. The van der Waals surface area contributed by atoms with Crippen LogP contribution in [0.15, 0.2) is 30.3 Å². The molecule has 2 atom stereocenters. The van der Waals surface area contributed by atoms with Crippen LogP contribution < -0.4 is 0 Å². The van der Waals surface area contributed by atoms with Crippen molar-refractivity contribution in [2.24, 2.45) is 0 Å². The molecule has 2 aliphatic rings. The van der Waals surface area contributed by atoms with Crippen LogP contribution in [-0.4, -0.2) is 28.3 Å². The average molecular weight is 260 g/mol. The van der Waals surface area contributed by atoms with E-state index in [1.165, 1.54) is 0 Å². The van der Waals surface area contributed by atoms with Gasteiger partial charge in [0.15, 0.2) is 0 Å². The van der Waals surface area contributed by atoms with Gasteiger partial charge in [0.1, 0.15) is 6.04 Å². The molecule has 0 bridgehead atoms. The van der Waals surface area contributed by atoms with E-state index in [1.54, 1.807) is 4.90 Å². The Morgan fingerprint density at radius 1 is 1.32 bits per heavy atom. The third-order valence-electron chi connectivity index (χ3n) is 4.44. The van der Waals surface area contributed by atoms with Crippen LogP contribution >= 0.6 is 0 Å². The third kappa shape index (κ3) is 1.64. The van der Waals surface area contributed by atoms with E-state index in [-0.39, 0.29) is 23.3 Å². The molecule has 19 heavy (non-hydrogen) atoms. The van der Waals surface area contributed by atoms with Crippen molar-refractivity contribution >= 4 is 5.91 Å². The lowest BCUT2D eigenvalue weighted by atomic mass is 9.76. The lowest BCUT2D eigenvalue weighted by Crippen LogP contribution is -2.57. The van der Waals surface area contributed by atoms with Gasteiger partial charge in [-0.1, -0.05) is 30.3 Å². The smallest absolute Gasteiger partial charge is 0.267 e. The van der Waals surface area contributed by atoms with E-state index in [0.717, 1.165) is 18.4 Å². The maximum atomic E-state index is 11.9. The highest BCUT2D eigenvalue weighted by molar-refractivity contribution is 5.78. The Morgan fingerprint density at radius 2 is 2.05 bits per heavy atom. The second kappa shape index (κ2) is 4.33. The van der Waals surface area contributed by atoms with Crippen molar-refractivity contribution in [3.05, 3.63) is 46.0 Å². The van der Waals surface area contributed by atoms with Crippen molar-refractivity contribution in [1.82, 2.24) is 4.90 Å². The summed E-state index contributed by atoms with van der Waals surface area (Å²) in [5.41, 5.74) is -0.393. The zero-order valence-corrected chi connectivity index (χ0v) is 10.6. The van der Waals surface area contributed by atoms with Gasteiger partial charge in [-0.05, 0) is 12.8 Å². The quantitative estimate of drug-likeness (QED) is 0.603. The molecule has 2 aliphatic heterocycles. The molecule has 5 nitrogen and oxygen atoms in total. The first-order valence-corrected chi connectivity index (χ1v) is 6.66. The SMILES string of the molecule is O=C1CC[C@@](c2ccccc2)([N+](=O)[O-])[C@H]2CCCN12. The first-order chi connectivity index (χ1) is 9.16. The number of carbonyl (C=O) groups excluding carboxylic acids is 1. The van der Waals surface area contributed by atoms with Crippen LogP contribution in [0.1, 0.15) is 31.2 Å².